The Labute approximate surface area is 137 Å². The molecule has 2 aromatic heterocycles. The highest BCUT2D eigenvalue weighted by Crippen LogP contribution is 2.14. The van der Waals surface area contributed by atoms with Gasteiger partial charge in [0.15, 0.2) is 5.78 Å². The quantitative estimate of drug-likeness (QED) is 0.730. The van der Waals surface area contributed by atoms with Gasteiger partial charge >= 0.3 is 0 Å². The molecule has 3 aromatic rings. The van der Waals surface area contributed by atoms with Gasteiger partial charge in [-0.25, -0.2) is 4.68 Å². The van der Waals surface area contributed by atoms with Crippen molar-refractivity contribution in [3.63, 3.8) is 0 Å². The third kappa shape index (κ3) is 3.29. The summed E-state index contributed by atoms with van der Waals surface area (Å²) in [6.45, 7) is 1.82. The van der Waals surface area contributed by atoms with Crippen LogP contribution >= 0.6 is 11.3 Å². The topological polar surface area (TPSA) is 76.9 Å². The largest absolute Gasteiger partial charge is 0.349 e. The molecule has 0 saturated heterocycles. The van der Waals surface area contributed by atoms with Gasteiger partial charge in [-0.2, -0.15) is 0 Å². The molecule has 3 rings (SSSR count). The van der Waals surface area contributed by atoms with Crippen LogP contribution in [0.5, 0.6) is 0 Å². The van der Waals surface area contributed by atoms with Crippen LogP contribution in [0.2, 0.25) is 0 Å². The number of carbonyl (C=O) groups is 2. The van der Waals surface area contributed by atoms with E-state index in [4.69, 9.17) is 0 Å². The van der Waals surface area contributed by atoms with Crippen molar-refractivity contribution in [3.05, 3.63) is 46.2 Å². The van der Waals surface area contributed by atoms with Crippen molar-refractivity contribution >= 4 is 34.1 Å². The molecule has 1 amide bonds. The van der Waals surface area contributed by atoms with Crippen molar-refractivity contribution in [2.24, 2.45) is 7.05 Å². The van der Waals surface area contributed by atoms with Crippen LogP contribution in [0.3, 0.4) is 0 Å². The summed E-state index contributed by atoms with van der Waals surface area (Å²) in [5, 5.41) is 12.6. The van der Waals surface area contributed by atoms with E-state index in [0.29, 0.717) is 16.0 Å². The smallest absolute Gasteiger partial charge is 0.251 e. The maximum Gasteiger partial charge on any atom is 0.251 e. The maximum absolute atomic E-state index is 12.3. The second-order valence-electron chi connectivity index (χ2n) is 5.40. The predicted octanol–water partition coefficient (Wildman–Crippen LogP) is 2.42. The van der Waals surface area contributed by atoms with Crippen LogP contribution < -0.4 is 5.32 Å². The molecular weight excluding hydrogens is 312 g/mol. The summed E-state index contributed by atoms with van der Waals surface area (Å²) in [7, 11) is 1.80. The summed E-state index contributed by atoms with van der Waals surface area (Å²) < 4.78 is 1.65. The minimum atomic E-state index is -0.241. The van der Waals surface area contributed by atoms with Gasteiger partial charge in [0.05, 0.1) is 10.4 Å². The molecule has 0 aliphatic rings. The second-order valence-corrected chi connectivity index (χ2v) is 6.34. The van der Waals surface area contributed by atoms with E-state index in [1.807, 2.05) is 24.4 Å². The van der Waals surface area contributed by atoms with Crippen molar-refractivity contribution in [1.82, 2.24) is 20.3 Å². The minimum Gasteiger partial charge on any atom is -0.349 e. The van der Waals surface area contributed by atoms with E-state index in [1.54, 1.807) is 29.9 Å². The third-order valence-electron chi connectivity index (χ3n) is 3.54. The van der Waals surface area contributed by atoms with Crippen LogP contribution in [0.15, 0.2) is 35.7 Å². The molecule has 118 valence electrons. The molecule has 1 aromatic carbocycles. The lowest BCUT2D eigenvalue weighted by atomic mass is 10.1. The summed E-state index contributed by atoms with van der Waals surface area (Å²) in [4.78, 5) is 25.1. The lowest BCUT2D eigenvalue weighted by Gasteiger charge is -2.12. The number of aromatic nitrogens is 3. The number of carbonyl (C=O) groups excluding carboxylic acids is 2. The predicted molar refractivity (Wildman–Crippen MR) is 88.7 cm³/mol. The van der Waals surface area contributed by atoms with Crippen LogP contribution in [0.25, 0.3) is 11.0 Å². The molecule has 23 heavy (non-hydrogen) atoms. The molecule has 7 heteroatoms. The number of fused-ring (bicyclic) bond motifs is 1. The molecule has 0 radical (unpaired) electrons. The third-order valence-corrected chi connectivity index (χ3v) is 4.45. The van der Waals surface area contributed by atoms with Crippen molar-refractivity contribution in [3.8, 4) is 0 Å². The number of amides is 1. The lowest BCUT2D eigenvalue weighted by Crippen LogP contribution is -2.34. The Morgan fingerprint density at radius 1 is 1.35 bits per heavy atom. The molecule has 1 unspecified atom stereocenters. The van der Waals surface area contributed by atoms with E-state index in [1.165, 1.54) is 11.3 Å². The van der Waals surface area contributed by atoms with E-state index in [0.717, 1.165) is 5.52 Å². The van der Waals surface area contributed by atoms with Crippen LogP contribution in [0, 0.1) is 0 Å². The van der Waals surface area contributed by atoms with Gasteiger partial charge < -0.3 is 5.32 Å². The second kappa shape index (κ2) is 6.29. The fourth-order valence-electron chi connectivity index (χ4n) is 2.36. The van der Waals surface area contributed by atoms with Gasteiger partial charge in [0.25, 0.3) is 5.91 Å². The van der Waals surface area contributed by atoms with Crippen molar-refractivity contribution in [1.29, 1.82) is 0 Å². The van der Waals surface area contributed by atoms with Crippen LogP contribution in [0.1, 0.15) is 33.4 Å². The van der Waals surface area contributed by atoms with Gasteiger partial charge in [0.2, 0.25) is 0 Å². The molecule has 2 heterocycles. The number of hydrogen-bond donors (Lipinski definition) is 1. The number of aryl methyl sites for hydroxylation is 1. The van der Waals surface area contributed by atoms with E-state index in [-0.39, 0.29) is 24.2 Å². The first kappa shape index (κ1) is 15.4. The fraction of sp³-hybridized carbons (Fsp3) is 0.250. The number of thiophene rings is 1. The molecular formula is C16H16N4O2S. The Balaban J connectivity index is 1.66. The van der Waals surface area contributed by atoms with Gasteiger partial charge in [-0.3, -0.25) is 9.59 Å². The number of rotatable bonds is 5. The normalized spacial score (nSPS) is 12.3. The van der Waals surface area contributed by atoms with Gasteiger partial charge in [0.1, 0.15) is 5.52 Å². The number of benzene rings is 1. The molecule has 0 spiro atoms. The van der Waals surface area contributed by atoms with Crippen molar-refractivity contribution < 1.29 is 9.59 Å². The number of nitrogens with zero attached hydrogens (tertiary/aromatic N) is 3. The molecule has 0 saturated carbocycles. The van der Waals surface area contributed by atoms with Crippen molar-refractivity contribution in [2.45, 2.75) is 19.4 Å². The Morgan fingerprint density at radius 3 is 2.91 bits per heavy atom. The summed E-state index contributed by atoms with van der Waals surface area (Å²) >= 11 is 1.41. The van der Waals surface area contributed by atoms with E-state index >= 15 is 0 Å². The Kier molecular flexibility index (Phi) is 4.20. The SMILES string of the molecule is CC(CC(=O)c1cccs1)NC(=O)c1ccc2c(c1)nnn2C. The number of ketones is 1. The summed E-state index contributed by atoms with van der Waals surface area (Å²) in [6.07, 6.45) is 0.277. The number of nitrogens with one attached hydrogen (secondary N) is 1. The standard InChI is InChI=1S/C16H16N4O2S/c1-10(8-14(21)15-4-3-7-23-15)17-16(22)11-5-6-13-12(9-11)18-19-20(13)2/h3-7,9-10H,8H2,1-2H3,(H,17,22). The van der Waals surface area contributed by atoms with E-state index in [9.17, 15) is 9.59 Å². The zero-order valence-corrected chi connectivity index (χ0v) is 13.6. The average Bonchev–Trinajstić information content (AvgIpc) is 3.17. The average molecular weight is 328 g/mol. The van der Waals surface area contributed by atoms with Crippen LogP contribution in [-0.4, -0.2) is 32.7 Å². The number of hydrogen-bond acceptors (Lipinski definition) is 5. The van der Waals surface area contributed by atoms with Crippen LogP contribution in [0.4, 0.5) is 0 Å². The Bertz CT molecular complexity index is 854. The van der Waals surface area contributed by atoms with Gasteiger partial charge in [-0.1, -0.05) is 11.3 Å². The monoisotopic (exact) mass is 328 g/mol. The summed E-state index contributed by atoms with van der Waals surface area (Å²) in [5.41, 5.74) is 2.04. The van der Waals surface area contributed by atoms with E-state index in [2.05, 4.69) is 15.6 Å². The molecule has 0 bridgehead atoms. The molecule has 1 N–H and O–H groups in total. The zero-order chi connectivity index (χ0) is 16.4. The van der Waals surface area contributed by atoms with Crippen molar-refractivity contribution in [2.75, 3.05) is 0 Å². The first-order chi connectivity index (χ1) is 11.0. The Morgan fingerprint density at radius 2 is 2.17 bits per heavy atom. The zero-order valence-electron chi connectivity index (χ0n) is 12.8. The molecule has 6 nitrogen and oxygen atoms in total. The number of Topliss-reactive ketones (excluding diaryl/α,β-unsaturated/α-hetero) is 1. The van der Waals surface area contributed by atoms with Gasteiger partial charge in [0, 0.05) is 25.1 Å². The molecule has 0 aliphatic heterocycles. The summed E-state index contributed by atoms with van der Waals surface area (Å²) in [5.74, 6) is -0.179. The highest BCUT2D eigenvalue weighted by Gasteiger charge is 2.16. The summed E-state index contributed by atoms with van der Waals surface area (Å²) in [6, 6.07) is 8.64. The fourth-order valence-corrected chi connectivity index (χ4v) is 3.03. The molecule has 0 fully saturated rings. The molecule has 0 aliphatic carbocycles. The molecule has 1 atom stereocenters. The lowest BCUT2D eigenvalue weighted by molar-refractivity contribution is 0.0919. The van der Waals surface area contributed by atoms with E-state index < -0.39 is 0 Å². The Hall–Kier alpha value is -2.54. The first-order valence-corrected chi connectivity index (χ1v) is 8.09. The highest BCUT2D eigenvalue weighted by molar-refractivity contribution is 7.12. The minimum absolute atomic E-state index is 0.0391. The van der Waals surface area contributed by atoms with Crippen LogP contribution in [-0.2, 0) is 7.05 Å². The highest BCUT2D eigenvalue weighted by atomic mass is 32.1. The maximum atomic E-state index is 12.3. The van der Waals surface area contributed by atoms with Gasteiger partial charge in [-0.15, -0.1) is 16.4 Å². The van der Waals surface area contributed by atoms with Gasteiger partial charge in [-0.05, 0) is 36.6 Å². The first-order valence-electron chi connectivity index (χ1n) is 7.21.